The molecule has 4 heterocycles. The number of benzene rings is 1. The van der Waals surface area contributed by atoms with Gasteiger partial charge in [0, 0.05) is 44.5 Å². The third-order valence-corrected chi connectivity index (χ3v) is 7.43. The second-order valence-corrected chi connectivity index (χ2v) is 10.0. The molecule has 3 atom stereocenters. The lowest BCUT2D eigenvalue weighted by Gasteiger charge is -2.48. The summed E-state index contributed by atoms with van der Waals surface area (Å²) in [4.78, 5) is 26.9. The summed E-state index contributed by atoms with van der Waals surface area (Å²) >= 11 is 0. The highest BCUT2D eigenvalue weighted by molar-refractivity contribution is 5.89. The Morgan fingerprint density at radius 1 is 0.974 bits per heavy atom. The third-order valence-electron chi connectivity index (χ3n) is 7.43. The highest BCUT2D eigenvalue weighted by Crippen LogP contribution is 2.35. The predicted molar refractivity (Wildman–Crippen MR) is 147 cm³/mol. The molecule has 0 N–H and O–H groups in total. The Kier molecular flexibility index (Phi) is 6.67. The van der Waals surface area contributed by atoms with Crippen molar-refractivity contribution < 1.29 is 0 Å². The van der Waals surface area contributed by atoms with Crippen molar-refractivity contribution in [3.05, 3.63) is 99.2 Å². The van der Waals surface area contributed by atoms with Crippen molar-refractivity contribution in [3.63, 3.8) is 0 Å². The van der Waals surface area contributed by atoms with E-state index < -0.39 is 0 Å². The lowest BCUT2D eigenvalue weighted by Crippen LogP contribution is -2.57. The van der Waals surface area contributed by atoms with Crippen molar-refractivity contribution in [2.75, 3.05) is 18.0 Å². The van der Waals surface area contributed by atoms with Gasteiger partial charge in [-0.25, -0.2) is 4.98 Å². The van der Waals surface area contributed by atoms with E-state index in [0.29, 0.717) is 28.8 Å². The summed E-state index contributed by atoms with van der Waals surface area (Å²) in [6, 6.07) is 21.3. The van der Waals surface area contributed by atoms with Crippen LogP contribution in [0.1, 0.15) is 48.0 Å². The summed E-state index contributed by atoms with van der Waals surface area (Å²) < 4.78 is 1.57. The van der Waals surface area contributed by atoms with E-state index in [4.69, 9.17) is 4.98 Å². The van der Waals surface area contributed by atoms with Crippen LogP contribution in [0.5, 0.6) is 0 Å². The van der Waals surface area contributed by atoms with Gasteiger partial charge in [0.15, 0.2) is 0 Å². The molecule has 38 heavy (non-hydrogen) atoms. The van der Waals surface area contributed by atoms with Gasteiger partial charge in [0.1, 0.15) is 17.3 Å². The molecule has 1 fully saturated rings. The second-order valence-electron chi connectivity index (χ2n) is 10.0. The summed E-state index contributed by atoms with van der Waals surface area (Å²) in [6.07, 6.45) is 1.89. The number of anilines is 1. The Balaban J connectivity index is 1.55. The number of fused-ring (bicyclic) bond motifs is 1. The smallest absolute Gasteiger partial charge is 0.252 e. The number of aromatic nitrogens is 3. The fourth-order valence-corrected chi connectivity index (χ4v) is 5.35. The van der Waals surface area contributed by atoms with Crippen LogP contribution in [0.15, 0.2) is 65.6 Å². The van der Waals surface area contributed by atoms with Crippen molar-refractivity contribution in [2.45, 2.75) is 38.9 Å². The topological polar surface area (TPSA) is 102 Å². The maximum atomic E-state index is 12.9. The molecule has 190 valence electrons. The standard InChI is InChI=1S/C30H29N7O/c1-19-5-11-25(33-16-19)30(23-8-6-22(14-31)7-9-23)37-18-20(2)36(17-21(37)3)27-13-28(38)35(4)26-12-10-24(15-32)34-29(26)27/h5-13,16,20-21,30H,17-18H2,1-4H3/t20-,21?,30?/m0/s1. The van der Waals surface area contributed by atoms with Gasteiger partial charge in [-0.1, -0.05) is 18.2 Å². The molecule has 0 spiro atoms. The van der Waals surface area contributed by atoms with Gasteiger partial charge < -0.3 is 9.47 Å². The minimum Gasteiger partial charge on any atom is -0.364 e. The van der Waals surface area contributed by atoms with E-state index in [0.717, 1.165) is 29.1 Å². The average Bonchev–Trinajstić information content (AvgIpc) is 2.93. The first-order valence-corrected chi connectivity index (χ1v) is 12.7. The highest BCUT2D eigenvalue weighted by Gasteiger charge is 2.36. The van der Waals surface area contributed by atoms with E-state index in [9.17, 15) is 15.3 Å². The molecule has 1 aliphatic heterocycles. The monoisotopic (exact) mass is 503 g/mol. The molecular weight excluding hydrogens is 474 g/mol. The zero-order valence-corrected chi connectivity index (χ0v) is 22.0. The molecule has 0 radical (unpaired) electrons. The summed E-state index contributed by atoms with van der Waals surface area (Å²) in [5.74, 6) is 0. The van der Waals surface area contributed by atoms with Crippen LogP contribution in [0.25, 0.3) is 11.0 Å². The number of rotatable bonds is 4. The quantitative estimate of drug-likeness (QED) is 0.414. The van der Waals surface area contributed by atoms with Gasteiger partial charge in [0.05, 0.1) is 34.6 Å². The van der Waals surface area contributed by atoms with Gasteiger partial charge in [-0.3, -0.25) is 14.7 Å². The van der Waals surface area contributed by atoms with Crippen LogP contribution in [0, 0.1) is 29.6 Å². The maximum Gasteiger partial charge on any atom is 0.252 e. The first kappa shape index (κ1) is 25.1. The van der Waals surface area contributed by atoms with Crippen LogP contribution in [0.4, 0.5) is 5.69 Å². The lowest BCUT2D eigenvalue weighted by atomic mass is 9.95. The molecule has 1 aromatic carbocycles. The van der Waals surface area contributed by atoms with Crippen molar-refractivity contribution in [2.24, 2.45) is 7.05 Å². The van der Waals surface area contributed by atoms with Crippen molar-refractivity contribution in [3.8, 4) is 12.1 Å². The summed E-state index contributed by atoms with van der Waals surface area (Å²) in [7, 11) is 1.73. The van der Waals surface area contributed by atoms with E-state index in [1.807, 2.05) is 37.4 Å². The molecule has 0 saturated carbocycles. The summed E-state index contributed by atoms with van der Waals surface area (Å²) in [6.45, 7) is 7.74. The highest BCUT2D eigenvalue weighted by atomic mass is 16.1. The van der Waals surface area contributed by atoms with Crippen LogP contribution in [0.3, 0.4) is 0 Å². The lowest BCUT2D eigenvalue weighted by molar-refractivity contribution is 0.128. The van der Waals surface area contributed by atoms with E-state index in [1.165, 1.54) is 0 Å². The van der Waals surface area contributed by atoms with Crippen LogP contribution < -0.4 is 10.5 Å². The van der Waals surface area contributed by atoms with Gasteiger partial charge in [-0.15, -0.1) is 0 Å². The maximum absolute atomic E-state index is 12.9. The minimum atomic E-state index is -0.111. The molecule has 8 nitrogen and oxygen atoms in total. The Morgan fingerprint density at radius 2 is 1.74 bits per heavy atom. The molecule has 8 heteroatoms. The third kappa shape index (κ3) is 4.51. The van der Waals surface area contributed by atoms with E-state index in [-0.39, 0.29) is 23.7 Å². The normalized spacial score (nSPS) is 18.6. The number of hydrogen-bond acceptors (Lipinski definition) is 7. The largest absolute Gasteiger partial charge is 0.364 e. The van der Waals surface area contributed by atoms with Crippen LogP contribution >= 0.6 is 0 Å². The Bertz CT molecular complexity index is 1630. The molecule has 1 saturated heterocycles. The number of nitrogens with zero attached hydrogens (tertiary/aromatic N) is 7. The number of nitriles is 2. The minimum absolute atomic E-state index is 0.0559. The fraction of sp³-hybridized carbons (Fsp3) is 0.300. The summed E-state index contributed by atoms with van der Waals surface area (Å²) in [5.41, 5.74) is 6.07. The zero-order valence-electron chi connectivity index (χ0n) is 22.0. The van der Waals surface area contributed by atoms with Gasteiger partial charge >= 0.3 is 0 Å². The predicted octanol–water partition coefficient (Wildman–Crippen LogP) is 4.07. The van der Waals surface area contributed by atoms with Crippen LogP contribution in [-0.4, -0.2) is 44.6 Å². The van der Waals surface area contributed by atoms with E-state index in [1.54, 1.807) is 29.8 Å². The molecule has 0 bridgehead atoms. The molecule has 3 aromatic heterocycles. The van der Waals surface area contributed by atoms with Gasteiger partial charge in [0.25, 0.3) is 5.56 Å². The molecule has 0 amide bonds. The van der Waals surface area contributed by atoms with E-state index >= 15 is 0 Å². The number of pyridine rings is 3. The first-order valence-electron chi connectivity index (χ1n) is 12.7. The summed E-state index contributed by atoms with van der Waals surface area (Å²) in [5, 5.41) is 18.8. The number of hydrogen-bond donors (Lipinski definition) is 0. The number of aryl methyl sites for hydroxylation is 2. The Labute approximate surface area is 222 Å². The van der Waals surface area contributed by atoms with Crippen molar-refractivity contribution in [1.82, 2.24) is 19.4 Å². The van der Waals surface area contributed by atoms with Crippen LogP contribution in [0.2, 0.25) is 0 Å². The SMILES string of the molecule is Cc1ccc(C(c2ccc(C#N)cc2)N2C[C@H](C)N(c3cc(=O)n(C)c4ccc(C#N)nc34)CC2C)nc1. The molecule has 2 unspecified atom stereocenters. The van der Waals surface area contributed by atoms with Crippen molar-refractivity contribution >= 4 is 16.7 Å². The van der Waals surface area contributed by atoms with Gasteiger partial charge in [-0.05, 0) is 62.2 Å². The average molecular weight is 504 g/mol. The Morgan fingerprint density at radius 3 is 2.39 bits per heavy atom. The molecule has 1 aliphatic rings. The number of piperazine rings is 1. The first-order chi connectivity index (χ1) is 18.3. The van der Waals surface area contributed by atoms with E-state index in [2.05, 4.69) is 52.9 Å². The zero-order chi connectivity index (χ0) is 27.0. The molecule has 0 aliphatic carbocycles. The Hall–Kier alpha value is -4.53. The van der Waals surface area contributed by atoms with Crippen molar-refractivity contribution in [1.29, 1.82) is 10.5 Å². The molecular formula is C30H29N7O. The molecule has 4 aromatic rings. The van der Waals surface area contributed by atoms with Crippen LogP contribution in [-0.2, 0) is 7.05 Å². The molecule has 5 rings (SSSR count). The second kappa shape index (κ2) is 10.1. The van der Waals surface area contributed by atoms with Gasteiger partial charge in [-0.2, -0.15) is 10.5 Å². The van der Waals surface area contributed by atoms with Gasteiger partial charge in [0.2, 0.25) is 0 Å². The fourth-order valence-electron chi connectivity index (χ4n) is 5.35.